The number of aliphatic hydroxyl groups excluding tert-OH is 1. The van der Waals surface area contributed by atoms with Crippen LogP contribution in [0.1, 0.15) is 44.2 Å². The second kappa shape index (κ2) is 9.75. The van der Waals surface area contributed by atoms with Crippen LogP contribution < -0.4 is 10.1 Å². The van der Waals surface area contributed by atoms with Gasteiger partial charge in [-0.1, -0.05) is 6.07 Å². The molecule has 7 atom stereocenters. The minimum atomic E-state index is -1.96. The van der Waals surface area contributed by atoms with Gasteiger partial charge >= 0.3 is 17.9 Å². The fourth-order valence-electron chi connectivity index (χ4n) is 6.55. The lowest BCUT2D eigenvalue weighted by atomic mass is 9.50. The number of benzene rings is 1. The van der Waals surface area contributed by atoms with E-state index in [1.165, 1.54) is 13.8 Å². The molecule has 2 aliphatic heterocycles. The van der Waals surface area contributed by atoms with Gasteiger partial charge in [-0.15, -0.1) is 0 Å². The lowest BCUT2D eigenvalue weighted by molar-refractivity contribution is -0.172. The predicted molar refractivity (Wildman–Crippen MR) is 134 cm³/mol. The van der Waals surface area contributed by atoms with Crippen molar-refractivity contribution in [2.75, 3.05) is 13.6 Å². The van der Waals surface area contributed by atoms with Gasteiger partial charge in [0.25, 0.3) is 5.91 Å². The second-order valence-electron chi connectivity index (χ2n) is 10.9. The Kier molecular flexibility index (Phi) is 6.79. The number of carbonyl (C=O) groups excluding carboxylic acids is 3. The normalized spacial score (nSPS) is 30.1. The number of hydrogen-bond acceptors (Lipinski definition) is 11. The van der Waals surface area contributed by atoms with Crippen LogP contribution in [0.15, 0.2) is 24.0 Å². The summed E-state index contributed by atoms with van der Waals surface area (Å²) in [6.07, 6.45) is -2.32. The lowest BCUT2D eigenvalue weighted by Crippen LogP contribution is -2.74. The molecule has 1 fully saturated rings. The number of phenolic OH excluding ortho intramolecular Hbond substituents is 1. The van der Waals surface area contributed by atoms with Gasteiger partial charge in [0, 0.05) is 18.0 Å². The van der Waals surface area contributed by atoms with Crippen LogP contribution in [0.25, 0.3) is 0 Å². The van der Waals surface area contributed by atoms with Crippen LogP contribution in [0.3, 0.4) is 0 Å². The van der Waals surface area contributed by atoms with Crippen molar-refractivity contribution in [1.82, 2.24) is 10.2 Å². The van der Waals surface area contributed by atoms with Crippen LogP contribution in [-0.2, 0) is 40.5 Å². The number of carboxylic acids is 1. The number of amides is 1. The third-order valence-electron chi connectivity index (χ3n) is 8.61. The summed E-state index contributed by atoms with van der Waals surface area (Å²) >= 11 is 0. The van der Waals surface area contributed by atoms with Gasteiger partial charge < -0.3 is 44.9 Å². The Balaban J connectivity index is 1.30. The molecule has 1 aromatic rings. The van der Waals surface area contributed by atoms with Crippen molar-refractivity contribution in [2.24, 2.45) is 0 Å². The number of nitrogens with one attached hydrogen (secondary N) is 1. The molecule has 0 aromatic heterocycles. The Morgan fingerprint density at radius 2 is 1.98 bits per heavy atom. The summed E-state index contributed by atoms with van der Waals surface area (Å²) in [7, 11) is 1.95. The third kappa shape index (κ3) is 4.11. The molecule has 0 radical (unpaired) electrons. The zero-order valence-electron chi connectivity index (χ0n) is 22.2. The first kappa shape index (κ1) is 27.9. The molecular weight excluding hydrogens is 528 g/mol. The number of hydrogen-bond donors (Lipinski definition) is 5. The van der Waals surface area contributed by atoms with Gasteiger partial charge in [-0.3, -0.25) is 14.4 Å². The van der Waals surface area contributed by atoms with Gasteiger partial charge in [0.2, 0.25) is 0 Å². The van der Waals surface area contributed by atoms with Crippen LogP contribution >= 0.6 is 0 Å². The van der Waals surface area contributed by atoms with Gasteiger partial charge in [-0.05, 0) is 58.0 Å². The number of ether oxygens (including phenoxy) is 3. The van der Waals surface area contributed by atoms with E-state index in [0.29, 0.717) is 19.4 Å². The van der Waals surface area contributed by atoms with Gasteiger partial charge in [0.05, 0.1) is 17.4 Å². The van der Waals surface area contributed by atoms with E-state index >= 15 is 0 Å². The first-order chi connectivity index (χ1) is 18.8. The fourth-order valence-corrected chi connectivity index (χ4v) is 6.55. The molecule has 216 valence electrons. The molecule has 4 aliphatic rings. The molecule has 1 saturated heterocycles. The highest BCUT2D eigenvalue weighted by Gasteiger charge is 2.72. The average Bonchev–Trinajstić information content (AvgIpc) is 3.25. The van der Waals surface area contributed by atoms with E-state index in [0.717, 1.165) is 11.1 Å². The molecule has 1 aromatic carbocycles. The number of piperidine rings is 1. The summed E-state index contributed by atoms with van der Waals surface area (Å²) in [5.41, 5.74) is -0.550. The van der Waals surface area contributed by atoms with E-state index in [-0.39, 0.29) is 29.7 Å². The highest BCUT2D eigenvalue weighted by molar-refractivity contribution is 5.89. The van der Waals surface area contributed by atoms with E-state index in [9.17, 15) is 34.5 Å². The standard InChI is InChI=1S/C27H32N2O11/c1-12(24(34)35)28-23(33)13(2)38-25(36)16(31)11-19(32)39-17-6-7-27(37)18-10-14-4-5-15(30)21-20(14)26(27,22(17)40-21)8-9-29(18)3/h4-6,12-13,16,18,22,30-31,37H,7-11H2,1-3H3,(H,28,33)(H,34,35)/t12?,13?,16?,18-,22+,26+,27-/m1/s1. The van der Waals surface area contributed by atoms with E-state index in [2.05, 4.69) is 10.2 Å². The molecule has 40 heavy (non-hydrogen) atoms. The van der Waals surface area contributed by atoms with Crippen molar-refractivity contribution >= 4 is 23.8 Å². The lowest BCUT2D eigenvalue weighted by Gasteiger charge is -2.61. The monoisotopic (exact) mass is 560 g/mol. The quantitative estimate of drug-likeness (QED) is 0.256. The summed E-state index contributed by atoms with van der Waals surface area (Å²) in [6.45, 7) is 3.07. The van der Waals surface area contributed by atoms with Crippen LogP contribution in [-0.4, -0.2) is 98.7 Å². The number of esters is 2. The molecule has 1 amide bonds. The van der Waals surface area contributed by atoms with E-state index < -0.39 is 65.6 Å². The molecule has 5 N–H and O–H groups in total. The Hall–Kier alpha value is -3.68. The molecule has 13 heteroatoms. The summed E-state index contributed by atoms with van der Waals surface area (Å²) < 4.78 is 16.6. The van der Waals surface area contributed by atoms with Crippen molar-refractivity contribution in [2.45, 2.75) is 80.9 Å². The molecular formula is C27H32N2O11. The second-order valence-corrected chi connectivity index (χ2v) is 10.9. The van der Waals surface area contributed by atoms with E-state index in [1.807, 2.05) is 13.1 Å². The van der Waals surface area contributed by atoms with Crippen molar-refractivity contribution < 1.29 is 53.8 Å². The van der Waals surface area contributed by atoms with Gasteiger partial charge in [0.15, 0.2) is 29.8 Å². The highest BCUT2D eigenvalue weighted by Crippen LogP contribution is 2.65. The number of aliphatic carboxylic acids is 1. The largest absolute Gasteiger partial charge is 0.504 e. The minimum Gasteiger partial charge on any atom is -0.504 e. The first-order valence-electron chi connectivity index (χ1n) is 13.1. The first-order valence-corrected chi connectivity index (χ1v) is 13.1. The Morgan fingerprint density at radius 3 is 2.67 bits per heavy atom. The molecule has 2 bridgehead atoms. The Morgan fingerprint density at radius 1 is 1.25 bits per heavy atom. The summed E-state index contributed by atoms with van der Waals surface area (Å²) in [6, 6.07) is 1.92. The molecule has 3 unspecified atom stereocenters. The molecule has 0 saturated carbocycles. The van der Waals surface area contributed by atoms with Crippen molar-refractivity contribution in [3.05, 3.63) is 35.1 Å². The van der Waals surface area contributed by atoms with Gasteiger partial charge in [-0.2, -0.15) is 0 Å². The number of carboxylic acid groups (broad SMARTS) is 1. The van der Waals surface area contributed by atoms with Crippen LogP contribution in [0.2, 0.25) is 0 Å². The van der Waals surface area contributed by atoms with Gasteiger partial charge in [-0.25, -0.2) is 4.79 Å². The number of aromatic hydroxyl groups is 1. The molecule has 1 spiro atoms. The number of rotatable bonds is 8. The SMILES string of the molecule is CC(NC(=O)C(C)OC(=O)C(O)CC(=O)OC1=CC[C@@]2(O)[C@H]3Cc4ccc(O)c5c4[C@@]2(CCN3C)[C@H]1O5)C(=O)O. The van der Waals surface area contributed by atoms with E-state index in [4.69, 9.17) is 19.3 Å². The smallest absolute Gasteiger partial charge is 0.336 e. The number of likely N-dealkylation sites (N-methyl/N-ethyl adjacent to an activating group) is 1. The third-order valence-corrected chi connectivity index (χ3v) is 8.61. The maximum atomic E-state index is 12.8. The van der Waals surface area contributed by atoms with Crippen LogP contribution in [0, 0.1) is 0 Å². The maximum absolute atomic E-state index is 12.8. The summed E-state index contributed by atoms with van der Waals surface area (Å²) in [5.74, 6) is -4.13. The zero-order valence-corrected chi connectivity index (χ0v) is 22.2. The highest BCUT2D eigenvalue weighted by atomic mass is 16.6. The van der Waals surface area contributed by atoms with Crippen molar-refractivity contribution in [3.63, 3.8) is 0 Å². The summed E-state index contributed by atoms with van der Waals surface area (Å²) in [5, 5.41) is 44.0. The predicted octanol–water partition coefficient (Wildman–Crippen LogP) is -0.515. The number of carbonyl (C=O) groups is 4. The molecule has 5 rings (SSSR count). The number of nitrogens with zero attached hydrogens (tertiary/aromatic N) is 1. The molecule has 2 heterocycles. The van der Waals surface area contributed by atoms with Crippen molar-refractivity contribution in [1.29, 1.82) is 0 Å². The number of likely N-dealkylation sites (tertiary alicyclic amines) is 1. The summed E-state index contributed by atoms with van der Waals surface area (Å²) in [4.78, 5) is 50.1. The fraction of sp³-hybridized carbons (Fsp3) is 0.556. The van der Waals surface area contributed by atoms with Crippen LogP contribution in [0.4, 0.5) is 0 Å². The average molecular weight is 561 g/mol. The maximum Gasteiger partial charge on any atom is 0.336 e. The van der Waals surface area contributed by atoms with Crippen LogP contribution in [0.5, 0.6) is 11.5 Å². The Labute approximate surface area is 229 Å². The minimum absolute atomic E-state index is 0.0815. The van der Waals surface area contributed by atoms with E-state index in [1.54, 1.807) is 12.1 Å². The molecule has 13 nitrogen and oxygen atoms in total. The Bertz CT molecular complexity index is 1310. The topological polar surface area (TPSA) is 192 Å². The van der Waals surface area contributed by atoms with Crippen molar-refractivity contribution in [3.8, 4) is 11.5 Å². The zero-order chi connectivity index (χ0) is 29.1. The number of aliphatic hydroxyl groups is 2. The number of phenols is 1. The molecule has 2 aliphatic carbocycles. The van der Waals surface area contributed by atoms with Gasteiger partial charge in [0.1, 0.15) is 11.8 Å².